The van der Waals surface area contributed by atoms with Crippen LogP contribution in [0.3, 0.4) is 0 Å². The molecular weight excluding hydrogens is 255 g/mol. The second-order valence-electron chi connectivity index (χ2n) is 5.00. The third-order valence-electron chi connectivity index (χ3n) is 3.62. The van der Waals surface area contributed by atoms with Crippen molar-refractivity contribution in [3.63, 3.8) is 0 Å². The van der Waals surface area contributed by atoms with Crippen molar-refractivity contribution >= 4 is 5.95 Å². The van der Waals surface area contributed by atoms with Gasteiger partial charge in [-0.05, 0) is 18.9 Å². The first-order valence-electron chi connectivity index (χ1n) is 6.61. The number of nitrogens with zero attached hydrogens (tertiary/aromatic N) is 3. The minimum absolute atomic E-state index is 0.168. The summed E-state index contributed by atoms with van der Waals surface area (Å²) in [5, 5.41) is 0. The smallest absolute Gasteiger partial charge is 0.341 e. The molecule has 6 heteroatoms. The Morgan fingerprint density at radius 2 is 1.79 bits per heavy atom. The summed E-state index contributed by atoms with van der Waals surface area (Å²) in [6, 6.07) is 1.15. The van der Waals surface area contributed by atoms with Crippen molar-refractivity contribution in [2.45, 2.75) is 50.7 Å². The first-order valence-corrected chi connectivity index (χ1v) is 6.61. The first-order chi connectivity index (χ1) is 8.98. The lowest BCUT2D eigenvalue weighted by Gasteiger charge is -2.27. The maximum atomic E-state index is 12.6. The summed E-state index contributed by atoms with van der Waals surface area (Å²) in [4.78, 5) is 9.41. The summed E-state index contributed by atoms with van der Waals surface area (Å²) in [5.74, 6) is 0.168. The van der Waals surface area contributed by atoms with Gasteiger partial charge in [0.2, 0.25) is 5.95 Å². The van der Waals surface area contributed by atoms with Gasteiger partial charge in [-0.2, -0.15) is 13.2 Å². The summed E-state index contributed by atoms with van der Waals surface area (Å²) in [7, 11) is 1.78. The van der Waals surface area contributed by atoms with Crippen LogP contribution < -0.4 is 4.90 Å². The average Bonchev–Trinajstić information content (AvgIpc) is 2.66. The number of hydrogen-bond acceptors (Lipinski definition) is 3. The number of alkyl halides is 3. The summed E-state index contributed by atoms with van der Waals surface area (Å²) in [5.41, 5.74) is -0.877. The molecule has 0 unspecified atom stereocenters. The molecule has 1 fully saturated rings. The predicted molar refractivity (Wildman–Crippen MR) is 66.9 cm³/mol. The van der Waals surface area contributed by atoms with Crippen LogP contribution in [0.15, 0.2) is 12.3 Å². The second-order valence-corrected chi connectivity index (χ2v) is 5.00. The highest BCUT2D eigenvalue weighted by molar-refractivity contribution is 5.31. The molecule has 0 bridgehead atoms. The molecular formula is C13H18F3N3. The highest BCUT2D eigenvalue weighted by Crippen LogP contribution is 2.29. The van der Waals surface area contributed by atoms with Gasteiger partial charge in [-0.25, -0.2) is 9.97 Å². The molecule has 0 amide bonds. The van der Waals surface area contributed by atoms with E-state index in [1.165, 1.54) is 19.0 Å². The molecule has 1 aliphatic rings. The summed E-state index contributed by atoms with van der Waals surface area (Å²) >= 11 is 0. The number of rotatable bonds is 2. The zero-order chi connectivity index (χ0) is 13.9. The Labute approximate surface area is 110 Å². The Balaban J connectivity index is 2.16. The van der Waals surface area contributed by atoms with Crippen LogP contribution >= 0.6 is 0 Å². The van der Waals surface area contributed by atoms with Gasteiger partial charge in [0.15, 0.2) is 0 Å². The maximum Gasteiger partial charge on any atom is 0.433 e. The van der Waals surface area contributed by atoms with Gasteiger partial charge in [0, 0.05) is 19.3 Å². The van der Waals surface area contributed by atoms with Crippen LogP contribution in [0, 0.1) is 0 Å². The molecule has 106 valence electrons. The SMILES string of the molecule is CN(c1nccc(C(F)(F)F)n1)C1CCCCCC1. The Kier molecular flexibility index (Phi) is 4.27. The molecule has 1 saturated carbocycles. The van der Waals surface area contributed by atoms with Crippen LogP contribution in [0.25, 0.3) is 0 Å². The standard InChI is InChI=1S/C13H18F3N3/c1-19(10-6-4-2-3-5-7-10)12-17-9-8-11(18-12)13(14,15)16/h8-10H,2-7H2,1H3. The molecule has 0 spiro atoms. The molecule has 0 aliphatic heterocycles. The lowest BCUT2D eigenvalue weighted by molar-refractivity contribution is -0.141. The van der Waals surface area contributed by atoms with Gasteiger partial charge in [0.05, 0.1) is 0 Å². The van der Waals surface area contributed by atoms with Gasteiger partial charge < -0.3 is 4.90 Å². The minimum atomic E-state index is -4.41. The summed E-state index contributed by atoms with van der Waals surface area (Å²) < 4.78 is 37.9. The summed E-state index contributed by atoms with van der Waals surface area (Å²) in [6.45, 7) is 0. The second kappa shape index (κ2) is 5.75. The molecule has 1 aliphatic carbocycles. The highest BCUT2D eigenvalue weighted by atomic mass is 19.4. The van der Waals surface area contributed by atoms with E-state index >= 15 is 0 Å². The van der Waals surface area contributed by atoms with Gasteiger partial charge in [0.25, 0.3) is 0 Å². The predicted octanol–water partition coefficient (Wildman–Crippen LogP) is 3.65. The van der Waals surface area contributed by atoms with Gasteiger partial charge in [-0.15, -0.1) is 0 Å². The number of aromatic nitrogens is 2. The topological polar surface area (TPSA) is 29.0 Å². The molecule has 1 aromatic rings. The molecule has 3 nitrogen and oxygen atoms in total. The lowest BCUT2D eigenvalue weighted by atomic mass is 10.1. The van der Waals surface area contributed by atoms with Gasteiger partial charge in [0.1, 0.15) is 5.69 Å². The Bertz CT molecular complexity index is 412. The van der Waals surface area contributed by atoms with Crippen molar-refractivity contribution in [1.29, 1.82) is 0 Å². The zero-order valence-corrected chi connectivity index (χ0v) is 11.0. The molecule has 0 saturated heterocycles. The quantitative estimate of drug-likeness (QED) is 0.770. The molecule has 2 rings (SSSR count). The zero-order valence-electron chi connectivity index (χ0n) is 11.0. The molecule has 1 aromatic heterocycles. The van der Waals surface area contributed by atoms with Crippen molar-refractivity contribution in [3.05, 3.63) is 18.0 Å². The number of halogens is 3. The molecule has 1 heterocycles. The maximum absolute atomic E-state index is 12.6. The fourth-order valence-corrected chi connectivity index (χ4v) is 2.48. The van der Waals surface area contributed by atoms with E-state index < -0.39 is 11.9 Å². The molecule has 0 aromatic carbocycles. The van der Waals surface area contributed by atoms with Crippen LogP contribution in [-0.2, 0) is 6.18 Å². The van der Waals surface area contributed by atoms with E-state index in [0.29, 0.717) is 0 Å². The Morgan fingerprint density at radius 1 is 1.16 bits per heavy atom. The highest BCUT2D eigenvalue weighted by Gasteiger charge is 2.33. The third-order valence-corrected chi connectivity index (χ3v) is 3.62. The van der Waals surface area contributed by atoms with E-state index in [-0.39, 0.29) is 12.0 Å². The van der Waals surface area contributed by atoms with E-state index in [2.05, 4.69) is 9.97 Å². The fraction of sp³-hybridized carbons (Fsp3) is 0.692. The molecule has 0 atom stereocenters. The largest absolute Gasteiger partial charge is 0.433 e. The fourth-order valence-electron chi connectivity index (χ4n) is 2.48. The summed E-state index contributed by atoms with van der Waals surface area (Å²) in [6.07, 6.45) is 3.40. The van der Waals surface area contributed by atoms with Crippen molar-refractivity contribution in [2.75, 3.05) is 11.9 Å². The average molecular weight is 273 g/mol. The van der Waals surface area contributed by atoms with Crippen LogP contribution in [0.5, 0.6) is 0 Å². The molecule has 0 radical (unpaired) electrons. The van der Waals surface area contributed by atoms with Crippen molar-refractivity contribution in [1.82, 2.24) is 9.97 Å². The van der Waals surface area contributed by atoms with Crippen LogP contribution in [-0.4, -0.2) is 23.1 Å². The third kappa shape index (κ3) is 3.58. The number of hydrogen-bond donors (Lipinski definition) is 0. The minimum Gasteiger partial charge on any atom is -0.341 e. The molecule has 0 N–H and O–H groups in total. The lowest BCUT2D eigenvalue weighted by Crippen LogP contribution is -2.33. The van der Waals surface area contributed by atoms with E-state index in [9.17, 15) is 13.2 Å². The van der Waals surface area contributed by atoms with E-state index in [1.54, 1.807) is 11.9 Å². The van der Waals surface area contributed by atoms with Gasteiger partial charge in [-0.3, -0.25) is 0 Å². The normalized spacial score (nSPS) is 18.1. The van der Waals surface area contributed by atoms with Crippen LogP contribution in [0.1, 0.15) is 44.2 Å². The number of anilines is 1. The molecule has 19 heavy (non-hydrogen) atoms. The van der Waals surface area contributed by atoms with Gasteiger partial charge >= 0.3 is 6.18 Å². The van der Waals surface area contributed by atoms with Crippen LogP contribution in [0.2, 0.25) is 0 Å². The Hall–Kier alpha value is -1.33. The van der Waals surface area contributed by atoms with Crippen molar-refractivity contribution in [3.8, 4) is 0 Å². The Morgan fingerprint density at radius 3 is 2.37 bits per heavy atom. The van der Waals surface area contributed by atoms with Crippen LogP contribution in [0.4, 0.5) is 19.1 Å². The van der Waals surface area contributed by atoms with Gasteiger partial charge in [-0.1, -0.05) is 25.7 Å². The van der Waals surface area contributed by atoms with E-state index in [1.807, 2.05) is 0 Å². The van der Waals surface area contributed by atoms with E-state index in [0.717, 1.165) is 31.7 Å². The van der Waals surface area contributed by atoms with Crippen molar-refractivity contribution < 1.29 is 13.2 Å². The van der Waals surface area contributed by atoms with E-state index in [4.69, 9.17) is 0 Å². The van der Waals surface area contributed by atoms with Crippen molar-refractivity contribution in [2.24, 2.45) is 0 Å². The monoisotopic (exact) mass is 273 g/mol. The first kappa shape index (κ1) is 14.1.